The number of nitrogens with two attached hydrogens (primary N) is 1. The first-order chi connectivity index (χ1) is 8.77. The predicted octanol–water partition coefficient (Wildman–Crippen LogP) is 2.26. The minimum Gasteiger partial charge on any atom is -0.330 e. The zero-order valence-electron chi connectivity index (χ0n) is 11.0. The van der Waals surface area contributed by atoms with E-state index in [4.69, 9.17) is 17.3 Å². The Bertz CT molecular complexity index is 577. The van der Waals surface area contributed by atoms with E-state index in [-0.39, 0.29) is 27.7 Å². The number of benzene rings is 1. The Labute approximate surface area is 129 Å². The lowest BCUT2D eigenvalue weighted by molar-refractivity contribution is 0.349. The molecule has 1 aliphatic heterocycles. The maximum Gasteiger partial charge on any atom is 0.243 e. The zero-order valence-corrected chi connectivity index (χ0v) is 13.4. The van der Waals surface area contributed by atoms with Crippen LogP contribution in [-0.2, 0) is 10.0 Å². The van der Waals surface area contributed by atoms with Crippen molar-refractivity contribution in [2.24, 2.45) is 11.1 Å². The molecule has 0 radical (unpaired) electrons. The molecule has 0 aliphatic carbocycles. The quantitative estimate of drug-likeness (QED) is 0.916. The van der Waals surface area contributed by atoms with Crippen LogP contribution in [0.2, 0.25) is 5.02 Å². The fourth-order valence-corrected chi connectivity index (χ4v) is 4.11. The molecule has 2 N–H and O–H groups in total. The molecule has 2 rings (SSSR count). The van der Waals surface area contributed by atoms with E-state index in [9.17, 15) is 12.8 Å². The number of halogens is 3. The van der Waals surface area contributed by atoms with Crippen molar-refractivity contribution in [3.05, 3.63) is 29.0 Å². The van der Waals surface area contributed by atoms with Gasteiger partial charge in [0, 0.05) is 18.1 Å². The number of nitrogens with zero attached hydrogens (tertiary/aromatic N) is 1. The van der Waals surface area contributed by atoms with Crippen molar-refractivity contribution in [3.63, 3.8) is 0 Å². The van der Waals surface area contributed by atoms with Crippen LogP contribution >= 0.6 is 24.0 Å². The fraction of sp³-hybridized carbons (Fsp3) is 0.500. The molecule has 20 heavy (non-hydrogen) atoms. The summed E-state index contributed by atoms with van der Waals surface area (Å²) in [5.74, 6) is -0.660. The van der Waals surface area contributed by atoms with Gasteiger partial charge in [-0.1, -0.05) is 18.5 Å². The van der Waals surface area contributed by atoms with Crippen LogP contribution in [0.4, 0.5) is 4.39 Å². The van der Waals surface area contributed by atoms with E-state index in [1.54, 1.807) is 0 Å². The van der Waals surface area contributed by atoms with Gasteiger partial charge in [-0.2, -0.15) is 4.31 Å². The maximum absolute atomic E-state index is 13.3. The number of hydrogen-bond donors (Lipinski definition) is 1. The van der Waals surface area contributed by atoms with Gasteiger partial charge in [0.1, 0.15) is 5.82 Å². The molecule has 1 fully saturated rings. The molecule has 1 aliphatic rings. The van der Waals surface area contributed by atoms with Crippen LogP contribution in [0.3, 0.4) is 0 Å². The molecule has 0 aromatic heterocycles. The standard InChI is InChI=1S/C12H16ClFN2O2S.ClH/c1-12(7-15)2-3-16(8-12)19(17,18)11-5-9(13)4-10(14)6-11;/h4-6H,2-3,7-8,15H2,1H3;1H. The van der Waals surface area contributed by atoms with E-state index < -0.39 is 15.8 Å². The summed E-state index contributed by atoms with van der Waals surface area (Å²) in [6, 6.07) is 3.33. The van der Waals surface area contributed by atoms with Crippen molar-refractivity contribution in [1.82, 2.24) is 4.31 Å². The summed E-state index contributed by atoms with van der Waals surface area (Å²) in [6.45, 7) is 3.11. The summed E-state index contributed by atoms with van der Waals surface area (Å²) in [6.07, 6.45) is 0.700. The molecule has 0 bridgehead atoms. The van der Waals surface area contributed by atoms with Crippen LogP contribution in [0.5, 0.6) is 0 Å². The van der Waals surface area contributed by atoms with Crippen LogP contribution in [0.1, 0.15) is 13.3 Å². The van der Waals surface area contributed by atoms with E-state index in [0.717, 1.165) is 12.1 Å². The minimum absolute atomic E-state index is 0. The lowest BCUT2D eigenvalue weighted by Crippen LogP contribution is -2.34. The molecule has 1 unspecified atom stereocenters. The lowest BCUT2D eigenvalue weighted by Gasteiger charge is -2.22. The van der Waals surface area contributed by atoms with E-state index in [2.05, 4.69) is 0 Å². The van der Waals surface area contributed by atoms with E-state index >= 15 is 0 Å². The number of sulfonamides is 1. The van der Waals surface area contributed by atoms with Crippen molar-refractivity contribution in [2.45, 2.75) is 18.2 Å². The van der Waals surface area contributed by atoms with Crippen LogP contribution < -0.4 is 5.73 Å². The summed E-state index contributed by atoms with van der Waals surface area (Å²) in [4.78, 5) is -0.112. The third-order valence-corrected chi connectivity index (χ3v) is 5.53. The Morgan fingerprint density at radius 1 is 1.45 bits per heavy atom. The fourth-order valence-electron chi connectivity index (χ4n) is 2.18. The normalized spacial score (nSPS) is 23.6. The van der Waals surface area contributed by atoms with Crippen LogP contribution in [0.15, 0.2) is 23.1 Å². The van der Waals surface area contributed by atoms with Crippen LogP contribution in [-0.4, -0.2) is 32.4 Å². The molecule has 114 valence electrons. The molecule has 1 aromatic rings. The third kappa shape index (κ3) is 3.43. The minimum atomic E-state index is -3.71. The van der Waals surface area contributed by atoms with Gasteiger partial charge < -0.3 is 5.73 Å². The highest BCUT2D eigenvalue weighted by atomic mass is 35.5. The first-order valence-electron chi connectivity index (χ1n) is 5.93. The van der Waals surface area contributed by atoms with Gasteiger partial charge in [-0.05, 0) is 36.6 Å². The second kappa shape index (κ2) is 6.15. The molecule has 1 atom stereocenters. The molecule has 8 heteroatoms. The summed E-state index contributed by atoms with van der Waals surface area (Å²) < 4.78 is 39.4. The Morgan fingerprint density at radius 2 is 2.10 bits per heavy atom. The molecular formula is C12H17Cl2FN2O2S. The first kappa shape index (κ1) is 17.7. The molecule has 0 saturated carbocycles. The van der Waals surface area contributed by atoms with Crippen molar-refractivity contribution in [1.29, 1.82) is 0 Å². The number of rotatable bonds is 3. The van der Waals surface area contributed by atoms with Gasteiger partial charge >= 0.3 is 0 Å². The van der Waals surface area contributed by atoms with Gasteiger partial charge in [0.2, 0.25) is 10.0 Å². The molecule has 1 saturated heterocycles. The van der Waals surface area contributed by atoms with Gasteiger partial charge in [0.25, 0.3) is 0 Å². The van der Waals surface area contributed by atoms with Crippen LogP contribution in [0.25, 0.3) is 0 Å². The topological polar surface area (TPSA) is 63.4 Å². The van der Waals surface area contributed by atoms with E-state index in [1.165, 1.54) is 10.4 Å². The highest BCUT2D eigenvalue weighted by Crippen LogP contribution is 2.33. The van der Waals surface area contributed by atoms with Gasteiger partial charge in [0.05, 0.1) is 4.90 Å². The van der Waals surface area contributed by atoms with Crippen LogP contribution in [0, 0.1) is 11.2 Å². The average molecular weight is 343 g/mol. The first-order valence-corrected chi connectivity index (χ1v) is 7.75. The SMILES string of the molecule is CC1(CN)CCN(S(=O)(=O)c2cc(F)cc(Cl)c2)C1.Cl. The van der Waals surface area contributed by atoms with E-state index in [1.807, 2.05) is 6.92 Å². The summed E-state index contributed by atoms with van der Waals surface area (Å²) in [7, 11) is -3.71. The van der Waals surface area contributed by atoms with Crippen molar-refractivity contribution in [3.8, 4) is 0 Å². The highest BCUT2D eigenvalue weighted by molar-refractivity contribution is 7.89. The van der Waals surface area contributed by atoms with Crippen molar-refractivity contribution < 1.29 is 12.8 Å². The Hall–Kier alpha value is -0.400. The van der Waals surface area contributed by atoms with Crippen molar-refractivity contribution in [2.75, 3.05) is 19.6 Å². The van der Waals surface area contributed by atoms with Gasteiger partial charge in [-0.15, -0.1) is 12.4 Å². The monoisotopic (exact) mass is 342 g/mol. The lowest BCUT2D eigenvalue weighted by atomic mass is 9.90. The smallest absolute Gasteiger partial charge is 0.243 e. The molecular weight excluding hydrogens is 326 g/mol. The largest absolute Gasteiger partial charge is 0.330 e. The molecule has 1 heterocycles. The molecule has 0 spiro atoms. The molecule has 0 amide bonds. The highest BCUT2D eigenvalue weighted by Gasteiger charge is 2.39. The molecule has 1 aromatic carbocycles. The Balaban J connectivity index is 0.00000200. The number of hydrogen-bond acceptors (Lipinski definition) is 3. The summed E-state index contributed by atoms with van der Waals surface area (Å²) in [5, 5.41) is 0.0689. The summed E-state index contributed by atoms with van der Waals surface area (Å²) in [5.41, 5.74) is 5.44. The third-order valence-electron chi connectivity index (χ3n) is 3.49. The van der Waals surface area contributed by atoms with Gasteiger partial charge in [0.15, 0.2) is 0 Å². The van der Waals surface area contributed by atoms with Gasteiger partial charge in [-0.3, -0.25) is 0 Å². The second-order valence-corrected chi connectivity index (χ2v) is 7.58. The maximum atomic E-state index is 13.3. The average Bonchev–Trinajstić information content (AvgIpc) is 2.72. The Kier molecular flexibility index (Phi) is 5.43. The zero-order chi connectivity index (χ0) is 14.3. The molecule has 4 nitrogen and oxygen atoms in total. The van der Waals surface area contributed by atoms with Crippen molar-refractivity contribution >= 4 is 34.0 Å². The van der Waals surface area contributed by atoms with Gasteiger partial charge in [-0.25, -0.2) is 12.8 Å². The summed E-state index contributed by atoms with van der Waals surface area (Å²) >= 11 is 5.70. The predicted molar refractivity (Wildman–Crippen MR) is 79.2 cm³/mol. The van der Waals surface area contributed by atoms with E-state index in [0.29, 0.717) is 26.1 Å². The second-order valence-electron chi connectivity index (χ2n) is 5.21. The Morgan fingerprint density at radius 3 is 2.60 bits per heavy atom.